The van der Waals surface area contributed by atoms with Crippen LogP contribution in [0.5, 0.6) is 0 Å². The summed E-state index contributed by atoms with van der Waals surface area (Å²) in [4.78, 5) is 6.36. The summed E-state index contributed by atoms with van der Waals surface area (Å²) in [5.74, 6) is 0. The van der Waals surface area contributed by atoms with Gasteiger partial charge in [0.15, 0.2) is 0 Å². The first-order valence-corrected chi connectivity index (χ1v) is 6.18. The molecule has 2 heterocycles. The van der Waals surface area contributed by atoms with Gasteiger partial charge >= 0.3 is 0 Å². The number of halogens is 2. The average molecular weight is 260 g/mol. The molecule has 5 heteroatoms. The van der Waals surface area contributed by atoms with Crippen LogP contribution in [0.15, 0.2) is 12.3 Å². The molecule has 1 aromatic heterocycles. The van der Waals surface area contributed by atoms with Gasteiger partial charge < -0.3 is 5.73 Å². The van der Waals surface area contributed by atoms with Gasteiger partial charge in [0.2, 0.25) is 0 Å². The van der Waals surface area contributed by atoms with Crippen molar-refractivity contribution < 1.29 is 0 Å². The minimum Gasteiger partial charge on any atom is -0.327 e. The molecule has 3 nitrogen and oxygen atoms in total. The summed E-state index contributed by atoms with van der Waals surface area (Å²) in [5.41, 5.74) is 6.94. The normalized spacial score (nSPS) is 22.3. The molecule has 1 aromatic rings. The van der Waals surface area contributed by atoms with Crippen molar-refractivity contribution in [3.63, 3.8) is 0 Å². The largest absolute Gasteiger partial charge is 0.327 e. The molecule has 0 saturated carbocycles. The second kappa shape index (κ2) is 5.32. The minimum atomic E-state index is 0.285. The smallest absolute Gasteiger partial charge is 0.130 e. The van der Waals surface area contributed by atoms with Crippen LogP contribution in [-0.2, 0) is 6.54 Å². The molecule has 0 aromatic carbocycles. The van der Waals surface area contributed by atoms with Crippen LogP contribution in [0.25, 0.3) is 0 Å². The highest BCUT2D eigenvalue weighted by Crippen LogP contribution is 2.21. The van der Waals surface area contributed by atoms with E-state index >= 15 is 0 Å². The lowest BCUT2D eigenvalue weighted by Gasteiger charge is -2.30. The van der Waals surface area contributed by atoms with Crippen molar-refractivity contribution in [2.45, 2.75) is 25.4 Å². The Balaban J connectivity index is 2.02. The maximum absolute atomic E-state index is 6.10. The van der Waals surface area contributed by atoms with Gasteiger partial charge in [0.25, 0.3) is 0 Å². The molecule has 88 valence electrons. The topological polar surface area (TPSA) is 42.1 Å². The Morgan fingerprint density at radius 3 is 3.00 bits per heavy atom. The average Bonchev–Trinajstić information content (AvgIpc) is 2.22. The summed E-state index contributed by atoms with van der Waals surface area (Å²) in [5, 5.41) is 1.11. The van der Waals surface area contributed by atoms with Gasteiger partial charge in [-0.1, -0.05) is 23.2 Å². The quantitative estimate of drug-likeness (QED) is 0.830. The predicted molar refractivity (Wildman–Crippen MR) is 66.7 cm³/mol. The van der Waals surface area contributed by atoms with Gasteiger partial charge in [0, 0.05) is 35.9 Å². The summed E-state index contributed by atoms with van der Waals surface area (Å²) in [7, 11) is 0. The van der Waals surface area contributed by atoms with Gasteiger partial charge in [-0.05, 0) is 25.5 Å². The van der Waals surface area contributed by atoms with Gasteiger partial charge in [0.05, 0.1) is 0 Å². The van der Waals surface area contributed by atoms with E-state index in [-0.39, 0.29) is 6.04 Å². The van der Waals surface area contributed by atoms with E-state index in [1.54, 1.807) is 12.3 Å². The highest BCUT2D eigenvalue weighted by atomic mass is 35.5. The number of hydrogen-bond acceptors (Lipinski definition) is 3. The van der Waals surface area contributed by atoms with E-state index in [4.69, 9.17) is 28.9 Å². The van der Waals surface area contributed by atoms with E-state index in [1.807, 2.05) is 0 Å². The Hall–Kier alpha value is -0.350. The van der Waals surface area contributed by atoms with Crippen molar-refractivity contribution in [1.82, 2.24) is 9.88 Å². The first-order valence-electron chi connectivity index (χ1n) is 5.43. The van der Waals surface area contributed by atoms with Crippen LogP contribution < -0.4 is 5.73 Å². The van der Waals surface area contributed by atoms with Gasteiger partial charge in [-0.15, -0.1) is 0 Å². The number of rotatable bonds is 2. The van der Waals surface area contributed by atoms with Crippen LogP contribution in [-0.4, -0.2) is 29.0 Å². The Morgan fingerprint density at radius 1 is 1.50 bits per heavy atom. The number of pyridine rings is 1. The molecule has 0 spiro atoms. The molecule has 1 aliphatic heterocycles. The molecule has 0 radical (unpaired) electrons. The molecule has 2 rings (SSSR count). The molecule has 2 N–H and O–H groups in total. The number of nitrogens with two attached hydrogens (primary N) is 1. The van der Waals surface area contributed by atoms with Gasteiger partial charge in [-0.2, -0.15) is 0 Å². The molecular weight excluding hydrogens is 245 g/mol. The van der Waals surface area contributed by atoms with E-state index in [9.17, 15) is 0 Å². The fourth-order valence-electron chi connectivity index (χ4n) is 2.03. The zero-order chi connectivity index (χ0) is 11.5. The van der Waals surface area contributed by atoms with Crippen molar-refractivity contribution in [2.75, 3.05) is 13.1 Å². The number of aromatic nitrogens is 1. The Bertz CT molecular complexity index is 370. The van der Waals surface area contributed by atoms with E-state index < -0.39 is 0 Å². The number of likely N-dealkylation sites (tertiary alicyclic amines) is 1. The van der Waals surface area contributed by atoms with E-state index in [2.05, 4.69) is 9.88 Å². The number of piperidine rings is 1. The lowest BCUT2D eigenvalue weighted by molar-refractivity contribution is 0.201. The van der Waals surface area contributed by atoms with Crippen LogP contribution in [0.2, 0.25) is 10.2 Å². The second-order valence-electron chi connectivity index (χ2n) is 4.24. The minimum absolute atomic E-state index is 0.285. The molecule has 1 atom stereocenters. The standard InChI is InChI=1S/C11H15Cl2N3/c12-10-4-11(13)15-5-8(10)6-16-3-1-2-9(14)7-16/h4-5,9H,1-3,6-7,14H2/t9-/m1/s1. The molecule has 1 fully saturated rings. The fourth-order valence-corrected chi connectivity index (χ4v) is 2.45. The van der Waals surface area contributed by atoms with Crippen LogP contribution in [0.4, 0.5) is 0 Å². The first-order chi connectivity index (χ1) is 7.65. The summed E-state index contributed by atoms with van der Waals surface area (Å²) in [6.45, 7) is 2.81. The molecule has 1 aliphatic rings. The number of hydrogen-bond donors (Lipinski definition) is 1. The molecular formula is C11H15Cl2N3. The van der Waals surface area contributed by atoms with Crippen LogP contribution in [0.3, 0.4) is 0 Å². The van der Waals surface area contributed by atoms with E-state index in [1.165, 1.54) is 0 Å². The highest BCUT2D eigenvalue weighted by Gasteiger charge is 2.17. The molecule has 1 saturated heterocycles. The van der Waals surface area contributed by atoms with Gasteiger partial charge in [0.1, 0.15) is 5.15 Å². The van der Waals surface area contributed by atoms with Gasteiger partial charge in [-0.25, -0.2) is 4.98 Å². The Labute approximate surface area is 106 Å². The van der Waals surface area contributed by atoms with Crippen molar-refractivity contribution in [1.29, 1.82) is 0 Å². The van der Waals surface area contributed by atoms with Crippen molar-refractivity contribution in [3.8, 4) is 0 Å². The first kappa shape index (κ1) is 12.1. The second-order valence-corrected chi connectivity index (χ2v) is 5.03. The maximum atomic E-state index is 6.10. The third-order valence-electron chi connectivity index (χ3n) is 2.83. The van der Waals surface area contributed by atoms with Crippen molar-refractivity contribution in [2.24, 2.45) is 5.73 Å². The maximum Gasteiger partial charge on any atom is 0.130 e. The summed E-state index contributed by atoms with van der Waals surface area (Å²) in [6, 6.07) is 1.97. The highest BCUT2D eigenvalue weighted by molar-refractivity contribution is 6.34. The molecule has 0 unspecified atom stereocenters. The van der Waals surface area contributed by atoms with Crippen molar-refractivity contribution >= 4 is 23.2 Å². The summed E-state index contributed by atoms with van der Waals surface area (Å²) in [6.07, 6.45) is 4.01. The Kier molecular flexibility index (Phi) is 4.03. The van der Waals surface area contributed by atoms with Crippen LogP contribution in [0.1, 0.15) is 18.4 Å². The lowest BCUT2D eigenvalue weighted by Crippen LogP contribution is -2.42. The van der Waals surface area contributed by atoms with Gasteiger partial charge in [-0.3, -0.25) is 4.90 Å². The van der Waals surface area contributed by atoms with Crippen molar-refractivity contribution in [3.05, 3.63) is 28.0 Å². The number of nitrogens with zero attached hydrogens (tertiary/aromatic N) is 2. The summed E-state index contributed by atoms with van der Waals surface area (Å²) >= 11 is 11.9. The van der Waals surface area contributed by atoms with E-state index in [0.29, 0.717) is 10.2 Å². The predicted octanol–water partition coefficient (Wildman–Crippen LogP) is 2.31. The molecule has 0 amide bonds. The zero-order valence-electron chi connectivity index (χ0n) is 9.00. The fraction of sp³-hybridized carbons (Fsp3) is 0.545. The zero-order valence-corrected chi connectivity index (χ0v) is 10.5. The molecule has 0 bridgehead atoms. The van der Waals surface area contributed by atoms with Crippen LogP contribution >= 0.6 is 23.2 Å². The van der Waals surface area contributed by atoms with Crippen LogP contribution in [0, 0.1) is 0 Å². The third-order valence-corrected chi connectivity index (χ3v) is 3.39. The lowest BCUT2D eigenvalue weighted by atomic mass is 10.1. The van der Waals surface area contributed by atoms with E-state index in [0.717, 1.165) is 38.0 Å². The third kappa shape index (κ3) is 3.08. The monoisotopic (exact) mass is 259 g/mol. The molecule has 16 heavy (non-hydrogen) atoms. The molecule has 0 aliphatic carbocycles. The SMILES string of the molecule is N[C@@H]1CCCN(Cc2cnc(Cl)cc2Cl)C1. The Morgan fingerprint density at radius 2 is 2.31 bits per heavy atom. The summed E-state index contributed by atoms with van der Waals surface area (Å²) < 4.78 is 0.